The minimum atomic E-state index is -4.75. The summed E-state index contributed by atoms with van der Waals surface area (Å²) in [5.74, 6) is -1.45. The maximum absolute atomic E-state index is 14.3. The van der Waals surface area contributed by atoms with Gasteiger partial charge in [0.1, 0.15) is 6.04 Å². The Bertz CT molecular complexity index is 1900. The van der Waals surface area contributed by atoms with Crippen molar-refractivity contribution in [3.8, 4) is 11.1 Å². The van der Waals surface area contributed by atoms with Gasteiger partial charge in [-0.2, -0.15) is 17.5 Å². The van der Waals surface area contributed by atoms with Crippen molar-refractivity contribution in [2.24, 2.45) is 0 Å². The van der Waals surface area contributed by atoms with Crippen molar-refractivity contribution in [3.63, 3.8) is 0 Å². The fourth-order valence-electron chi connectivity index (χ4n) is 5.94. The Morgan fingerprint density at radius 3 is 2.39 bits per heavy atom. The summed E-state index contributed by atoms with van der Waals surface area (Å²) < 4.78 is 72.1. The summed E-state index contributed by atoms with van der Waals surface area (Å²) in [5, 5.41) is 20.5. The molecule has 3 aromatic carbocycles. The number of pyridine rings is 1. The summed E-state index contributed by atoms with van der Waals surface area (Å²) in [5.41, 5.74) is -0.972. The summed E-state index contributed by atoms with van der Waals surface area (Å²) in [4.78, 5) is 26.6. The van der Waals surface area contributed by atoms with Gasteiger partial charge in [0.2, 0.25) is 0 Å². The predicted molar refractivity (Wildman–Crippen MR) is 159 cm³/mol. The number of aliphatic hydroxyl groups excluding tert-OH is 1. The summed E-state index contributed by atoms with van der Waals surface area (Å²) in [7, 11) is -4.59. The summed E-state index contributed by atoms with van der Waals surface area (Å²) in [6.07, 6.45) is -4.20. The fourth-order valence-corrected chi connectivity index (χ4v) is 7.85. The van der Waals surface area contributed by atoms with E-state index in [1.54, 1.807) is 13.0 Å². The van der Waals surface area contributed by atoms with Crippen molar-refractivity contribution in [3.05, 3.63) is 99.3 Å². The Labute approximate surface area is 252 Å². The van der Waals surface area contributed by atoms with Crippen molar-refractivity contribution in [2.75, 3.05) is 19.7 Å². The summed E-state index contributed by atoms with van der Waals surface area (Å²) in [6.45, 7) is 0.776. The van der Waals surface area contributed by atoms with Crippen LogP contribution in [0.15, 0.2) is 76.6 Å². The molecule has 0 spiro atoms. The number of hydrogen-bond acceptors (Lipinski definition) is 5. The summed E-state index contributed by atoms with van der Waals surface area (Å²) >= 11 is 0. The van der Waals surface area contributed by atoms with Gasteiger partial charge in [-0.3, -0.25) is 9.36 Å². The highest BCUT2D eigenvalue weighted by atomic mass is 32.2. The first kappa shape index (κ1) is 31.4. The number of halogens is 3. The molecule has 0 saturated heterocycles. The highest BCUT2D eigenvalue weighted by molar-refractivity contribution is 7.89. The number of rotatable bonds is 9. The standard InChI is InChI=1S/C32H31F3N2O6S/c1-2-24-26(18-21-11-7-10-20-9-3-4-14-25(20)21)28(22-12-8-13-23(17-22)32(33,34)35)30-37(29(24)39)27(31(40)41)19-36(44(30,42)43)15-5-6-16-38/h3-4,7-14,17,27,38H,2,5-6,15-16,18-19H2,1H3,(H,40,41). The smallest absolute Gasteiger partial charge is 0.416 e. The third kappa shape index (κ3) is 5.64. The van der Waals surface area contributed by atoms with Crippen molar-refractivity contribution >= 4 is 26.8 Å². The summed E-state index contributed by atoms with van der Waals surface area (Å²) in [6, 6.07) is 15.5. The maximum atomic E-state index is 14.3. The average Bonchev–Trinajstić information content (AvgIpc) is 2.98. The van der Waals surface area contributed by atoms with Gasteiger partial charge in [-0.05, 0) is 65.3 Å². The Balaban J connectivity index is 1.91. The number of nitrogens with zero attached hydrogens (tertiary/aromatic N) is 2. The molecule has 1 unspecified atom stereocenters. The van der Waals surface area contributed by atoms with Gasteiger partial charge in [0, 0.05) is 30.8 Å². The van der Waals surface area contributed by atoms with Crippen LogP contribution in [0, 0.1) is 0 Å². The molecule has 0 bridgehead atoms. The van der Waals surface area contributed by atoms with Crippen LogP contribution in [0.5, 0.6) is 0 Å². The lowest BCUT2D eigenvalue weighted by Crippen LogP contribution is -2.50. The molecule has 4 aromatic rings. The second-order valence-corrected chi connectivity index (χ2v) is 12.6. The Morgan fingerprint density at radius 1 is 1.00 bits per heavy atom. The zero-order valence-corrected chi connectivity index (χ0v) is 24.7. The number of alkyl halides is 3. The maximum Gasteiger partial charge on any atom is 0.416 e. The van der Waals surface area contributed by atoms with Crippen molar-refractivity contribution < 1.29 is 36.6 Å². The third-order valence-corrected chi connectivity index (χ3v) is 9.93. The van der Waals surface area contributed by atoms with Gasteiger partial charge < -0.3 is 10.2 Å². The van der Waals surface area contributed by atoms with E-state index in [1.807, 2.05) is 36.4 Å². The molecule has 0 amide bonds. The van der Waals surface area contributed by atoms with Gasteiger partial charge in [0.25, 0.3) is 15.6 Å². The lowest BCUT2D eigenvalue weighted by Gasteiger charge is -2.36. The molecule has 2 N–H and O–H groups in total. The second-order valence-electron chi connectivity index (χ2n) is 10.7. The average molecular weight is 629 g/mol. The molecule has 0 aliphatic carbocycles. The lowest BCUT2D eigenvalue weighted by molar-refractivity contribution is -0.141. The molecular weight excluding hydrogens is 597 g/mol. The van der Waals surface area contributed by atoms with E-state index >= 15 is 0 Å². The molecule has 0 saturated carbocycles. The van der Waals surface area contributed by atoms with E-state index in [2.05, 4.69) is 0 Å². The molecular formula is C32H31F3N2O6S. The number of aliphatic carboxylic acids is 1. The number of aliphatic hydroxyl groups is 1. The van der Waals surface area contributed by atoms with E-state index in [9.17, 15) is 41.4 Å². The van der Waals surface area contributed by atoms with Crippen LogP contribution in [0.25, 0.3) is 21.9 Å². The van der Waals surface area contributed by atoms with Crippen LogP contribution in [0.2, 0.25) is 0 Å². The molecule has 1 aromatic heterocycles. The molecule has 5 rings (SSSR count). The first-order chi connectivity index (χ1) is 20.9. The van der Waals surface area contributed by atoms with E-state index in [0.717, 1.165) is 43.4 Å². The zero-order valence-electron chi connectivity index (χ0n) is 23.8. The van der Waals surface area contributed by atoms with Crippen molar-refractivity contribution in [1.29, 1.82) is 0 Å². The monoisotopic (exact) mass is 628 g/mol. The number of carboxylic acid groups (broad SMARTS) is 1. The van der Waals surface area contributed by atoms with E-state index in [-0.39, 0.29) is 61.1 Å². The highest BCUT2D eigenvalue weighted by Crippen LogP contribution is 2.41. The number of fused-ring (bicyclic) bond motifs is 2. The largest absolute Gasteiger partial charge is 0.480 e. The molecule has 232 valence electrons. The normalized spacial score (nSPS) is 16.6. The number of unbranched alkanes of at least 4 members (excludes halogenated alkanes) is 1. The van der Waals surface area contributed by atoms with E-state index < -0.39 is 50.9 Å². The first-order valence-electron chi connectivity index (χ1n) is 14.2. The molecule has 1 atom stereocenters. The van der Waals surface area contributed by atoms with Gasteiger partial charge in [-0.25, -0.2) is 13.2 Å². The van der Waals surface area contributed by atoms with Crippen molar-refractivity contribution in [2.45, 2.75) is 49.9 Å². The van der Waals surface area contributed by atoms with E-state index in [1.165, 1.54) is 6.07 Å². The number of benzene rings is 3. The SMILES string of the molecule is CCc1c(Cc2cccc3ccccc23)c(-c2cccc(C(F)(F)F)c2)c2n(c1=O)C(C(=O)O)CN(CCCCO)S2(=O)=O. The molecule has 1 aliphatic rings. The molecule has 2 heterocycles. The minimum absolute atomic E-state index is 0.0109. The topological polar surface area (TPSA) is 117 Å². The molecule has 0 radical (unpaired) electrons. The Hall–Kier alpha value is -4.00. The number of hydrogen-bond donors (Lipinski definition) is 2. The van der Waals surface area contributed by atoms with Crippen LogP contribution in [0.4, 0.5) is 13.2 Å². The molecule has 8 nitrogen and oxygen atoms in total. The number of carboxylic acids is 1. The quantitative estimate of drug-likeness (QED) is 0.245. The van der Waals surface area contributed by atoms with Gasteiger partial charge >= 0.3 is 12.1 Å². The molecule has 1 aliphatic heterocycles. The number of carbonyl (C=O) groups is 1. The first-order valence-corrected chi connectivity index (χ1v) is 15.6. The molecule has 0 fully saturated rings. The van der Waals surface area contributed by atoms with E-state index in [4.69, 9.17) is 0 Å². The van der Waals surface area contributed by atoms with Crippen LogP contribution < -0.4 is 5.56 Å². The van der Waals surface area contributed by atoms with Crippen LogP contribution in [0.1, 0.15) is 48.1 Å². The minimum Gasteiger partial charge on any atom is -0.480 e. The Kier molecular flexibility index (Phi) is 8.70. The second kappa shape index (κ2) is 12.2. The van der Waals surface area contributed by atoms with Crippen molar-refractivity contribution in [1.82, 2.24) is 8.87 Å². The van der Waals surface area contributed by atoms with Crippen LogP contribution in [0.3, 0.4) is 0 Å². The Morgan fingerprint density at radius 2 is 1.70 bits per heavy atom. The number of aromatic nitrogens is 1. The third-order valence-electron chi connectivity index (χ3n) is 8.03. The van der Waals surface area contributed by atoms with Crippen LogP contribution in [-0.2, 0) is 33.8 Å². The van der Waals surface area contributed by atoms with Gasteiger partial charge in [-0.15, -0.1) is 0 Å². The fraction of sp³-hybridized carbons (Fsp3) is 0.312. The molecule has 44 heavy (non-hydrogen) atoms. The predicted octanol–water partition coefficient (Wildman–Crippen LogP) is 5.24. The van der Waals surface area contributed by atoms with Crippen LogP contribution >= 0.6 is 0 Å². The van der Waals surface area contributed by atoms with Gasteiger partial charge in [-0.1, -0.05) is 61.5 Å². The zero-order chi connectivity index (χ0) is 31.8. The van der Waals surface area contributed by atoms with Gasteiger partial charge in [0.05, 0.1) is 5.56 Å². The van der Waals surface area contributed by atoms with Crippen LogP contribution in [-0.4, -0.2) is 53.2 Å². The lowest BCUT2D eigenvalue weighted by atomic mass is 9.89. The van der Waals surface area contributed by atoms with E-state index in [0.29, 0.717) is 0 Å². The van der Waals surface area contributed by atoms with Gasteiger partial charge in [0.15, 0.2) is 5.03 Å². The highest BCUT2D eigenvalue weighted by Gasteiger charge is 2.44. The number of sulfonamides is 1. The molecule has 12 heteroatoms.